The number of hydrogen-bond acceptors (Lipinski definition) is 2. The van der Waals surface area contributed by atoms with Gasteiger partial charge in [0.1, 0.15) is 5.75 Å². The molecule has 25 heavy (non-hydrogen) atoms. The molecule has 4 bridgehead atoms. The Bertz CT molecular complexity index is 629. The average Bonchev–Trinajstić information content (AvgIpc) is 2.51. The minimum absolute atomic E-state index is 0.0539. The van der Waals surface area contributed by atoms with Crippen LogP contribution in [-0.2, 0) is 4.79 Å². The lowest BCUT2D eigenvalue weighted by molar-refractivity contribution is -0.128. The van der Waals surface area contributed by atoms with Crippen molar-refractivity contribution in [2.24, 2.45) is 17.8 Å². The molecular weight excluding hydrogens is 310 g/mol. The molecular formula is C22H31NO2. The lowest BCUT2D eigenvalue weighted by Gasteiger charge is -2.56. The molecule has 0 aromatic heterocycles. The summed E-state index contributed by atoms with van der Waals surface area (Å²) in [4.78, 5) is 12.6. The van der Waals surface area contributed by atoms with Gasteiger partial charge in [0.15, 0.2) is 6.61 Å². The van der Waals surface area contributed by atoms with Gasteiger partial charge in [-0.25, -0.2) is 0 Å². The first-order chi connectivity index (χ1) is 11.9. The van der Waals surface area contributed by atoms with Crippen molar-refractivity contribution in [3.63, 3.8) is 0 Å². The van der Waals surface area contributed by atoms with E-state index in [4.69, 9.17) is 4.74 Å². The van der Waals surface area contributed by atoms with Crippen LogP contribution in [0, 0.1) is 24.7 Å². The largest absolute Gasteiger partial charge is 0.483 e. The third-order valence-corrected chi connectivity index (χ3v) is 6.59. The van der Waals surface area contributed by atoms with E-state index in [2.05, 4.69) is 38.2 Å². The van der Waals surface area contributed by atoms with Gasteiger partial charge >= 0.3 is 0 Å². The van der Waals surface area contributed by atoms with Crippen LogP contribution in [0.1, 0.15) is 69.4 Å². The second kappa shape index (κ2) is 6.34. The fraction of sp³-hybridized carbons (Fsp3) is 0.682. The molecule has 4 aliphatic carbocycles. The van der Waals surface area contributed by atoms with Gasteiger partial charge in [-0.3, -0.25) is 4.79 Å². The Morgan fingerprint density at radius 2 is 1.76 bits per heavy atom. The molecule has 0 spiro atoms. The summed E-state index contributed by atoms with van der Waals surface area (Å²) in [5, 5.41) is 3.39. The minimum Gasteiger partial charge on any atom is -0.483 e. The van der Waals surface area contributed by atoms with E-state index in [1.54, 1.807) is 0 Å². The molecule has 0 heterocycles. The van der Waals surface area contributed by atoms with E-state index in [0.29, 0.717) is 5.92 Å². The van der Waals surface area contributed by atoms with E-state index in [1.807, 2.05) is 6.07 Å². The predicted octanol–water partition coefficient (Wildman–Crippen LogP) is 4.58. The molecule has 0 radical (unpaired) electrons. The SMILES string of the molecule is Cc1ccc(C(C)C)c(OCC(=O)NC23CC4CC(CC(C4)C2)C3)c1. The van der Waals surface area contributed by atoms with Gasteiger partial charge in [-0.15, -0.1) is 0 Å². The topological polar surface area (TPSA) is 38.3 Å². The highest BCUT2D eigenvalue weighted by molar-refractivity contribution is 5.78. The monoisotopic (exact) mass is 341 g/mol. The molecule has 0 atom stereocenters. The Morgan fingerprint density at radius 1 is 1.16 bits per heavy atom. The summed E-state index contributed by atoms with van der Waals surface area (Å²) in [6.07, 6.45) is 7.75. The quantitative estimate of drug-likeness (QED) is 0.851. The van der Waals surface area contributed by atoms with E-state index in [9.17, 15) is 4.79 Å². The second-order valence-corrected chi connectivity index (χ2v) is 9.23. The van der Waals surface area contributed by atoms with Crippen LogP contribution in [0.2, 0.25) is 0 Å². The zero-order valence-electron chi connectivity index (χ0n) is 15.8. The van der Waals surface area contributed by atoms with Crippen LogP contribution in [0.3, 0.4) is 0 Å². The molecule has 4 saturated carbocycles. The Hall–Kier alpha value is -1.51. The molecule has 4 aliphatic rings. The normalized spacial score (nSPS) is 32.9. The predicted molar refractivity (Wildman–Crippen MR) is 99.8 cm³/mol. The first-order valence-corrected chi connectivity index (χ1v) is 9.97. The maximum absolute atomic E-state index is 12.6. The highest BCUT2D eigenvalue weighted by Crippen LogP contribution is 2.55. The number of hydrogen-bond donors (Lipinski definition) is 1. The molecule has 3 heteroatoms. The molecule has 0 saturated heterocycles. The summed E-state index contributed by atoms with van der Waals surface area (Å²) >= 11 is 0. The van der Waals surface area contributed by atoms with Gasteiger partial charge in [-0.05, 0) is 86.3 Å². The van der Waals surface area contributed by atoms with Gasteiger partial charge in [0.2, 0.25) is 0 Å². The van der Waals surface area contributed by atoms with Crippen molar-refractivity contribution >= 4 is 5.91 Å². The Morgan fingerprint density at radius 3 is 2.32 bits per heavy atom. The molecule has 4 fully saturated rings. The molecule has 1 N–H and O–H groups in total. The third-order valence-electron chi connectivity index (χ3n) is 6.59. The fourth-order valence-corrected chi connectivity index (χ4v) is 5.98. The van der Waals surface area contributed by atoms with Gasteiger partial charge in [0, 0.05) is 5.54 Å². The van der Waals surface area contributed by atoms with Crippen molar-refractivity contribution in [1.29, 1.82) is 0 Å². The number of carbonyl (C=O) groups is 1. The lowest BCUT2D eigenvalue weighted by atomic mass is 9.53. The van der Waals surface area contributed by atoms with Crippen LogP contribution in [0.4, 0.5) is 0 Å². The van der Waals surface area contributed by atoms with Crippen LogP contribution < -0.4 is 10.1 Å². The van der Waals surface area contributed by atoms with E-state index in [1.165, 1.54) is 49.7 Å². The highest BCUT2D eigenvalue weighted by atomic mass is 16.5. The fourth-order valence-electron chi connectivity index (χ4n) is 5.98. The molecule has 1 aromatic rings. The van der Waals surface area contributed by atoms with E-state index >= 15 is 0 Å². The average molecular weight is 341 g/mol. The molecule has 1 amide bonds. The van der Waals surface area contributed by atoms with Crippen LogP contribution in [0.5, 0.6) is 5.75 Å². The smallest absolute Gasteiger partial charge is 0.258 e. The first-order valence-electron chi connectivity index (χ1n) is 9.97. The van der Waals surface area contributed by atoms with Crippen molar-refractivity contribution in [3.8, 4) is 5.75 Å². The number of ether oxygens (including phenoxy) is 1. The summed E-state index contributed by atoms with van der Waals surface area (Å²) in [5.74, 6) is 3.83. The van der Waals surface area contributed by atoms with Crippen LogP contribution >= 0.6 is 0 Å². The van der Waals surface area contributed by atoms with Crippen molar-refractivity contribution in [2.45, 2.75) is 70.8 Å². The summed E-state index contributed by atoms with van der Waals surface area (Å²) in [7, 11) is 0. The van der Waals surface area contributed by atoms with Crippen molar-refractivity contribution in [2.75, 3.05) is 6.61 Å². The van der Waals surface area contributed by atoms with E-state index < -0.39 is 0 Å². The van der Waals surface area contributed by atoms with Crippen LogP contribution in [-0.4, -0.2) is 18.1 Å². The third kappa shape index (κ3) is 3.43. The zero-order valence-corrected chi connectivity index (χ0v) is 15.8. The van der Waals surface area contributed by atoms with Crippen molar-refractivity contribution in [1.82, 2.24) is 5.32 Å². The lowest BCUT2D eigenvalue weighted by Crippen LogP contribution is -2.60. The Labute approximate surface area is 151 Å². The summed E-state index contributed by atoms with van der Waals surface area (Å²) in [6.45, 7) is 6.51. The van der Waals surface area contributed by atoms with Crippen molar-refractivity contribution < 1.29 is 9.53 Å². The first kappa shape index (κ1) is 16.9. The van der Waals surface area contributed by atoms with Gasteiger partial charge < -0.3 is 10.1 Å². The zero-order chi connectivity index (χ0) is 17.6. The summed E-state index contributed by atoms with van der Waals surface area (Å²) < 4.78 is 5.94. The van der Waals surface area contributed by atoms with Gasteiger partial charge in [-0.1, -0.05) is 26.0 Å². The number of carbonyl (C=O) groups excluding carboxylic acids is 1. The molecule has 0 aliphatic heterocycles. The number of aryl methyl sites for hydroxylation is 1. The Balaban J connectivity index is 1.40. The molecule has 3 nitrogen and oxygen atoms in total. The highest BCUT2D eigenvalue weighted by Gasteiger charge is 2.51. The van der Waals surface area contributed by atoms with Crippen molar-refractivity contribution in [3.05, 3.63) is 29.3 Å². The number of benzene rings is 1. The maximum Gasteiger partial charge on any atom is 0.258 e. The van der Waals surface area contributed by atoms with Gasteiger partial charge in [0.05, 0.1) is 0 Å². The minimum atomic E-state index is 0.0539. The van der Waals surface area contributed by atoms with Gasteiger partial charge in [0.25, 0.3) is 5.91 Å². The van der Waals surface area contributed by atoms with Gasteiger partial charge in [-0.2, -0.15) is 0 Å². The molecule has 5 rings (SSSR count). The Kier molecular flexibility index (Phi) is 4.29. The van der Waals surface area contributed by atoms with Crippen LogP contribution in [0.15, 0.2) is 18.2 Å². The number of nitrogens with one attached hydrogen (secondary N) is 1. The number of amides is 1. The summed E-state index contributed by atoms with van der Waals surface area (Å²) in [6, 6.07) is 6.28. The standard InChI is InChI=1S/C22H31NO2/c1-14(2)19-5-4-15(3)6-20(19)25-13-21(24)23-22-10-16-7-17(11-22)9-18(8-16)12-22/h4-6,14,16-18H,7-13H2,1-3H3,(H,23,24). The summed E-state index contributed by atoms with van der Waals surface area (Å²) in [5.41, 5.74) is 2.41. The number of rotatable bonds is 5. The van der Waals surface area contributed by atoms with E-state index in [0.717, 1.165) is 23.5 Å². The van der Waals surface area contributed by atoms with Crippen LogP contribution in [0.25, 0.3) is 0 Å². The molecule has 136 valence electrons. The van der Waals surface area contributed by atoms with E-state index in [-0.39, 0.29) is 18.1 Å². The molecule has 1 aromatic carbocycles. The maximum atomic E-state index is 12.6. The molecule has 0 unspecified atom stereocenters. The second-order valence-electron chi connectivity index (χ2n) is 9.23.